The van der Waals surface area contributed by atoms with Gasteiger partial charge in [0.2, 0.25) is 5.91 Å². The topological polar surface area (TPSA) is 75.6 Å². The molecule has 1 aliphatic rings. The molecule has 1 saturated heterocycles. The molecule has 0 bridgehead atoms. The molecule has 94 valence electrons. The molecule has 1 heterocycles. The van der Waals surface area contributed by atoms with Crippen LogP contribution in [0.3, 0.4) is 0 Å². The van der Waals surface area contributed by atoms with E-state index in [4.69, 9.17) is 11.5 Å². The minimum atomic E-state index is -0.226. The Bertz CT molecular complexity index is 222. The number of rotatable bonds is 5. The van der Waals surface area contributed by atoms with E-state index in [1.807, 2.05) is 6.92 Å². The van der Waals surface area contributed by atoms with Crippen molar-refractivity contribution < 1.29 is 4.79 Å². The fourth-order valence-corrected chi connectivity index (χ4v) is 2.10. The highest BCUT2D eigenvalue weighted by Gasteiger charge is 2.21. The van der Waals surface area contributed by atoms with Crippen LogP contribution < -0.4 is 11.5 Å². The van der Waals surface area contributed by atoms with E-state index >= 15 is 0 Å². The molecule has 0 saturated carbocycles. The number of carbonyl (C=O) groups is 1. The van der Waals surface area contributed by atoms with E-state index in [0.717, 1.165) is 52.1 Å². The summed E-state index contributed by atoms with van der Waals surface area (Å²) in [7, 11) is 0. The molecule has 1 rings (SSSR count). The predicted octanol–water partition coefficient (Wildman–Crippen LogP) is -0.783. The van der Waals surface area contributed by atoms with Crippen LogP contribution in [-0.2, 0) is 4.79 Å². The summed E-state index contributed by atoms with van der Waals surface area (Å²) in [6, 6.07) is -0.144. The quantitative estimate of drug-likeness (QED) is 0.647. The summed E-state index contributed by atoms with van der Waals surface area (Å²) in [4.78, 5) is 15.7. The zero-order chi connectivity index (χ0) is 12.0. The van der Waals surface area contributed by atoms with Crippen LogP contribution in [0, 0.1) is 0 Å². The molecule has 1 aliphatic heterocycles. The number of hydrogen-bond donors (Lipinski definition) is 2. The average molecular weight is 228 g/mol. The molecule has 0 aromatic heterocycles. The Morgan fingerprint density at radius 2 is 2.06 bits per heavy atom. The minimum absolute atomic E-state index is 0.144. The number of carbonyl (C=O) groups excluding carboxylic acids is 1. The lowest BCUT2D eigenvalue weighted by Gasteiger charge is -2.25. The van der Waals surface area contributed by atoms with Gasteiger partial charge < -0.3 is 16.4 Å². The van der Waals surface area contributed by atoms with Gasteiger partial charge in [-0.2, -0.15) is 0 Å². The summed E-state index contributed by atoms with van der Waals surface area (Å²) in [5, 5.41) is 0. The number of amides is 1. The lowest BCUT2D eigenvalue weighted by Crippen LogP contribution is -2.44. The average Bonchev–Trinajstić information content (AvgIpc) is 2.50. The highest BCUT2D eigenvalue weighted by molar-refractivity contribution is 5.79. The van der Waals surface area contributed by atoms with Gasteiger partial charge in [-0.25, -0.2) is 0 Å². The third-order valence-corrected chi connectivity index (χ3v) is 3.26. The molecule has 1 fully saturated rings. The summed E-state index contributed by atoms with van der Waals surface area (Å²) in [6.45, 7) is 7.70. The lowest BCUT2D eigenvalue weighted by molar-refractivity contribution is -0.122. The highest BCUT2D eigenvalue weighted by atomic mass is 16.1. The molecule has 0 aromatic rings. The zero-order valence-corrected chi connectivity index (χ0v) is 10.2. The monoisotopic (exact) mass is 228 g/mol. The maximum atomic E-state index is 11.1. The van der Waals surface area contributed by atoms with Crippen molar-refractivity contribution in [2.45, 2.75) is 25.8 Å². The second-order valence-corrected chi connectivity index (χ2v) is 4.45. The van der Waals surface area contributed by atoms with Crippen molar-refractivity contribution in [1.82, 2.24) is 9.80 Å². The Kier molecular flexibility index (Phi) is 5.73. The number of nitrogens with two attached hydrogens (primary N) is 2. The van der Waals surface area contributed by atoms with Crippen molar-refractivity contribution in [3.05, 3.63) is 0 Å². The van der Waals surface area contributed by atoms with Crippen LogP contribution >= 0.6 is 0 Å². The summed E-state index contributed by atoms with van der Waals surface area (Å²) in [5.74, 6) is -0.226. The van der Waals surface area contributed by atoms with E-state index in [1.165, 1.54) is 0 Å². The lowest BCUT2D eigenvalue weighted by atomic mass is 10.2. The molecule has 16 heavy (non-hydrogen) atoms. The fourth-order valence-electron chi connectivity index (χ4n) is 2.10. The largest absolute Gasteiger partial charge is 0.368 e. The first kappa shape index (κ1) is 13.4. The van der Waals surface area contributed by atoms with Gasteiger partial charge in [0, 0.05) is 19.6 Å². The smallest absolute Gasteiger partial charge is 0.234 e. The summed E-state index contributed by atoms with van der Waals surface area (Å²) < 4.78 is 0. The highest BCUT2D eigenvalue weighted by Crippen LogP contribution is 2.07. The van der Waals surface area contributed by atoms with Crippen LogP contribution in [0.2, 0.25) is 0 Å². The number of nitrogens with zero attached hydrogens (tertiary/aromatic N) is 2. The van der Waals surface area contributed by atoms with E-state index < -0.39 is 0 Å². The fraction of sp³-hybridized carbons (Fsp3) is 0.909. The summed E-state index contributed by atoms with van der Waals surface area (Å²) in [6.07, 6.45) is 2.15. The first-order valence-corrected chi connectivity index (χ1v) is 6.11. The molecule has 1 atom stereocenters. The number of hydrogen-bond acceptors (Lipinski definition) is 4. The van der Waals surface area contributed by atoms with Crippen LogP contribution in [0.15, 0.2) is 0 Å². The van der Waals surface area contributed by atoms with Crippen molar-refractivity contribution >= 4 is 5.91 Å². The molecular formula is C11H24N4O. The van der Waals surface area contributed by atoms with Gasteiger partial charge in [-0.15, -0.1) is 0 Å². The van der Waals surface area contributed by atoms with Crippen molar-refractivity contribution in [3.63, 3.8) is 0 Å². The van der Waals surface area contributed by atoms with E-state index in [9.17, 15) is 4.79 Å². The third kappa shape index (κ3) is 4.08. The molecule has 0 aliphatic carbocycles. The van der Waals surface area contributed by atoms with E-state index in [-0.39, 0.29) is 11.9 Å². The molecule has 5 heteroatoms. The van der Waals surface area contributed by atoms with E-state index in [0.29, 0.717) is 0 Å². The standard InChI is InChI=1S/C11H24N4O/c1-10(11(13)16)15-7-3-6-14(8-9-15)5-2-4-12/h10H,2-9,12H2,1H3,(H2,13,16). The van der Waals surface area contributed by atoms with E-state index in [2.05, 4.69) is 9.80 Å². The van der Waals surface area contributed by atoms with Crippen molar-refractivity contribution in [2.75, 3.05) is 39.3 Å². The Balaban J connectivity index is 2.36. The molecular weight excluding hydrogens is 204 g/mol. The van der Waals surface area contributed by atoms with Gasteiger partial charge in [0.25, 0.3) is 0 Å². The van der Waals surface area contributed by atoms with Gasteiger partial charge in [-0.3, -0.25) is 9.69 Å². The molecule has 1 amide bonds. The Hall–Kier alpha value is -0.650. The summed E-state index contributed by atoms with van der Waals surface area (Å²) >= 11 is 0. The zero-order valence-electron chi connectivity index (χ0n) is 10.2. The Morgan fingerprint density at radius 3 is 2.69 bits per heavy atom. The van der Waals surface area contributed by atoms with Gasteiger partial charge in [0.1, 0.15) is 0 Å². The molecule has 0 spiro atoms. The van der Waals surface area contributed by atoms with E-state index in [1.54, 1.807) is 0 Å². The predicted molar refractivity (Wildman–Crippen MR) is 65.0 cm³/mol. The van der Waals surface area contributed by atoms with Gasteiger partial charge in [0.05, 0.1) is 6.04 Å². The Morgan fingerprint density at radius 1 is 1.31 bits per heavy atom. The maximum Gasteiger partial charge on any atom is 0.234 e. The Labute approximate surface area is 97.7 Å². The van der Waals surface area contributed by atoms with Crippen molar-refractivity contribution in [3.8, 4) is 0 Å². The maximum absolute atomic E-state index is 11.1. The summed E-state index contributed by atoms with van der Waals surface area (Å²) in [5.41, 5.74) is 10.8. The molecule has 0 radical (unpaired) electrons. The van der Waals surface area contributed by atoms with Gasteiger partial charge in [-0.05, 0) is 39.4 Å². The SMILES string of the molecule is CC(C(N)=O)N1CCCN(CCCN)CC1. The molecule has 4 N–H and O–H groups in total. The first-order chi connectivity index (χ1) is 7.65. The van der Waals surface area contributed by atoms with Crippen LogP contribution in [0.25, 0.3) is 0 Å². The van der Waals surface area contributed by atoms with Gasteiger partial charge in [-0.1, -0.05) is 0 Å². The van der Waals surface area contributed by atoms with Crippen LogP contribution in [0.5, 0.6) is 0 Å². The first-order valence-electron chi connectivity index (χ1n) is 6.11. The van der Waals surface area contributed by atoms with Gasteiger partial charge in [0.15, 0.2) is 0 Å². The second kappa shape index (κ2) is 6.83. The molecule has 1 unspecified atom stereocenters. The third-order valence-electron chi connectivity index (χ3n) is 3.26. The number of primary amides is 1. The van der Waals surface area contributed by atoms with Crippen LogP contribution in [0.4, 0.5) is 0 Å². The van der Waals surface area contributed by atoms with Crippen LogP contribution in [-0.4, -0.2) is 61.0 Å². The normalized spacial score (nSPS) is 21.6. The molecule has 5 nitrogen and oxygen atoms in total. The van der Waals surface area contributed by atoms with Crippen LogP contribution in [0.1, 0.15) is 19.8 Å². The van der Waals surface area contributed by atoms with Crippen molar-refractivity contribution in [2.24, 2.45) is 11.5 Å². The minimum Gasteiger partial charge on any atom is -0.368 e. The van der Waals surface area contributed by atoms with Crippen molar-refractivity contribution in [1.29, 1.82) is 0 Å². The second-order valence-electron chi connectivity index (χ2n) is 4.45. The molecule has 0 aromatic carbocycles. The van der Waals surface area contributed by atoms with Gasteiger partial charge >= 0.3 is 0 Å².